The van der Waals surface area contributed by atoms with E-state index in [1.807, 2.05) is 0 Å². The van der Waals surface area contributed by atoms with E-state index in [2.05, 4.69) is 29.0 Å². The summed E-state index contributed by atoms with van der Waals surface area (Å²) in [7, 11) is 0. The van der Waals surface area contributed by atoms with Crippen molar-refractivity contribution in [2.45, 2.75) is 108 Å². The molecule has 4 N–H and O–H groups in total. The average Bonchev–Trinajstić information content (AvgIpc) is 3.12. The van der Waals surface area contributed by atoms with Crippen LogP contribution in [0.4, 0.5) is 0 Å². The van der Waals surface area contributed by atoms with Crippen molar-refractivity contribution in [2.75, 3.05) is 39.3 Å². The van der Waals surface area contributed by atoms with E-state index in [0.717, 1.165) is 77.8 Å². The van der Waals surface area contributed by atoms with Crippen LogP contribution in [0.2, 0.25) is 0 Å². The molecular weight excluding hydrogens is 426 g/mol. The summed E-state index contributed by atoms with van der Waals surface area (Å²) in [5.74, 6) is 1.59. The zero-order valence-electron chi connectivity index (χ0n) is 21.6. The van der Waals surface area contributed by atoms with Crippen molar-refractivity contribution in [1.82, 2.24) is 15.1 Å². The number of rotatable bonds is 2. The third-order valence-corrected chi connectivity index (χ3v) is 12.3. The first kappa shape index (κ1) is 24.1. The SMILES string of the molecule is C[C@]12CC[C@H]3[C@@H](C[C@@H](N4CCNCC4)[C@@]4(O)C[C@@H](O)CC[C@]34C)[C@@H]1C[C@H](N1CCCCC1)[C@@H]2O. The number of aliphatic hydroxyl groups excluding tert-OH is 2. The van der Waals surface area contributed by atoms with Gasteiger partial charge in [-0.2, -0.15) is 0 Å². The highest BCUT2D eigenvalue weighted by atomic mass is 16.3. The molecule has 6 fully saturated rings. The first-order chi connectivity index (χ1) is 16.3. The third-order valence-electron chi connectivity index (χ3n) is 12.3. The lowest BCUT2D eigenvalue weighted by Gasteiger charge is -2.67. The number of piperazine rings is 1. The summed E-state index contributed by atoms with van der Waals surface area (Å²) in [4.78, 5) is 5.18. The molecule has 0 amide bonds. The largest absolute Gasteiger partial charge is 0.393 e. The molecule has 4 aliphatic carbocycles. The summed E-state index contributed by atoms with van der Waals surface area (Å²) in [6.45, 7) is 11.0. The quantitative estimate of drug-likeness (QED) is 0.491. The number of nitrogens with zero attached hydrogens (tertiary/aromatic N) is 2. The van der Waals surface area contributed by atoms with Gasteiger partial charge in [0.05, 0.1) is 17.8 Å². The lowest BCUT2D eigenvalue weighted by molar-refractivity contribution is -0.252. The minimum Gasteiger partial charge on any atom is -0.393 e. The molecule has 0 radical (unpaired) electrons. The van der Waals surface area contributed by atoms with Gasteiger partial charge in [-0.25, -0.2) is 0 Å². The van der Waals surface area contributed by atoms with Gasteiger partial charge in [0.25, 0.3) is 0 Å². The van der Waals surface area contributed by atoms with Gasteiger partial charge in [-0.1, -0.05) is 20.3 Å². The first-order valence-corrected chi connectivity index (χ1v) is 14.6. The van der Waals surface area contributed by atoms with Gasteiger partial charge in [-0.3, -0.25) is 9.80 Å². The second-order valence-electron chi connectivity index (χ2n) is 13.5. The maximum Gasteiger partial charge on any atom is 0.0882 e. The smallest absolute Gasteiger partial charge is 0.0882 e. The molecule has 0 spiro atoms. The van der Waals surface area contributed by atoms with Crippen LogP contribution in [-0.4, -0.2) is 94.3 Å². The Kier molecular flexibility index (Phi) is 6.15. The van der Waals surface area contributed by atoms with Crippen LogP contribution >= 0.6 is 0 Å². The maximum atomic E-state index is 12.5. The van der Waals surface area contributed by atoms with Crippen LogP contribution in [0.1, 0.15) is 78.1 Å². The number of nitrogens with one attached hydrogen (secondary N) is 1. The van der Waals surface area contributed by atoms with Gasteiger partial charge in [0.15, 0.2) is 0 Å². The van der Waals surface area contributed by atoms with Crippen LogP contribution in [0.3, 0.4) is 0 Å². The van der Waals surface area contributed by atoms with Crippen molar-refractivity contribution in [3.63, 3.8) is 0 Å². The number of aliphatic hydroxyl groups is 3. The lowest BCUT2D eigenvalue weighted by Crippen LogP contribution is -2.73. The highest BCUT2D eigenvalue weighted by Gasteiger charge is 2.69. The van der Waals surface area contributed by atoms with Gasteiger partial charge >= 0.3 is 0 Å². The van der Waals surface area contributed by atoms with Gasteiger partial charge in [0.1, 0.15) is 0 Å². The molecule has 0 bridgehead atoms. The van der Waals surface area contributed by atoms with Crippen molar-refractivity contribution in [3.8, 4) is 0 Å². The molecule has 194 valence electrons. The Balaban J connectivity index is 1.35. The molecule has 10 atom stereocenters. The molecule has 2 saturated heterocycles. The average molecular weight is 476 g/mol. The zero-order chi connectivity index (χ0) is 23.7. The van der Waals surface area contributed by atoms with E-state index in [0.29, 0.717) is 30.2 Å². The van der Waals surface area contributed by atoms with E-state index in [9.17, 15) is 15.3 Å². The minimum atomic E-state index is -0.819. The van der Waals surface area contributed by atoms with E-state index in [1.54, 1.807) is 0 Å². The molecule has 6 nitrogen and oxygen atoms in total. The molecule has 6 rings (SSSR count). The fourth-order valence-electron chi connectivity index (χ4n) is 10.3. The minimum absolute atomic E-state index is 0.00270. The molecule has 6 heteroatoms. The fraction of sp³-hybridized carbons (Fsp3) is 1.00. The maximum absolute atomic E-state index is 12.5. The Morgan fingerprint density at radius 2 is 1.56 bits per heavy atom. The van der Waals surface area contributed by atoms with E-state index in [4.69, 9.17) is 0 Å². The van der Waals surface area contributed by atoms with Gasteiger partial charge < -0.3 is 20.6 Å². The van der Waals surface area contributed by atoms with Crippen molar-refractivity contribution < 1.29 is 15.3 Å². The second-order valence-corrected chi connectivity index (χ2v) is 13.5. The van der Waals surface area contributed by atoms with Crippen LogP contribution in [0, 0.1) is 28.6 Å². The lowest BCUT2D eigenvalue weighted by atomic mass is 9.42. The first-order valence-electron chi connectivity index (χ1n) is 14.6. The van der Waals surface area contributed by atoms with Crippen LogP contribution < -0.4 is 5.32 Å². The Labute approximate surface area is 206 Å². The zero-order valence-corrected chi connectivity index (χ0v) is 21.6. The predicted octanol–water partition coefficient (Wildman–Crippen LogP) is 2.21. The van der Waals surface area contributed by atoms with Crippen LogP contribution in [0.15, 0.2) is 0 Å². The summed E-state index contributed by atoms with van der Waals surface area (Å²) < 4.78 is 0. The standard InChI is InChI=1S/C28H49N3O3/c1-26-8-7-21-20(22(26)17-23(25(26)33)30-12-4-3-5-13-30)16-24(31-14-10-29-11-15-31)28(34)18-19(32)6-9-27(21,28)2/h19-25,29,32-34H,3-18H2,1-2H3/t19-,20+,21-,22-,23-,24+,25-,26-,27+,28-/m0/s1. The van der Waals surface area contributed by atoms with Crippen molar-refractivity contribution in [3.05, 3.63) is 0 Å². The highest BCUT2D eigenvalue weighted by Crippen LogP contribution is 2.68. The van der Waals surface area contributed by atoms with E-state index in [1.165, 1.54) is 19.3 Å². The van der Waals surface area contributed by atoms with Crippen molar-refractivity contribution in [1.29, 1.82) is 0 Å². The molecule has 2 aliphatic heterocycles. The van der Waals surface area contributed by atoms with Gasteiger partial charge in [0, 0.05) is 50.1 Å². The third kappa shape index (κ3) is 3.42. The van der Waals surface area contributed by atoms with Gasteiger partial charge in [0.2, 0.25) is 0 Å². The number of hydrogen-bond acceptors (Lipinski definition) is 6. The van der Waals surface area contributed by atoms with E-state index in [-0.39, 0.29) is 29.1 Å². The van der Waals surface area contributed by atoms with Crippen LogP contribution in [0.25, 0.3) is 0 Å². The molecule has 34 heavy (non-hydrogen) atoms. The van der Waals surface area contributed by atoms with Gasteiger partial charge in [-0.05, 0) is 87.6 Å². The normalized spacial score (nSPS) is 54.8. The van der Waals surface area contributed by atoms with Gasteiger partial charge in [-0.15, -0.1) is 0 Å². The highest BCUT2D eigenvalue weighted by molar-refractivity contribution is 5.20. The molecule has 0 unspecified atom stereocenters. The summed E-state index contributed by atoms with van der Waals surface area (Å²) in [6, 6.07) is 0.429. The van der Waals surface area contributed by atoms with Crippen molar-refractivity contribution >= 4 is 0 Å². The summed E-state index contributed by atoms with van der Waals surface area (Å²) in [6.07, 6.45) is 9.90. The van der Waals surface area contributed by atoms with E-state index < -0.39 is 5.60 Å². The number of piperidine rings is 1. The van der Waals surface area contributed by atoms with Crippen molar-refractivity contribution in [2.24, 2.45) is 28.6 Å². The van der Waals surface area contributed by atoms with E-state index >= 15 is 0 Å². The Morgan fingerprint density at radius 3 is 2.29 bits per heavy atom. The summed E-state index contributed by atoms with van der Waals surface area (Å²) in [5, 5.41) is 38.5. The molecule has 0 aromatic heterocycles. The monoisotopic (exact) mass is 475 g/mol. The topological polar surface area (TPSA) is 79.2 Å². The Bertz CT molecular complexity index is 755. The molecule has 6 aliphatic rings. The van der Waals surface area contributed by atoms with Crippen LogP contribution in [0.5, 0.6) is 0 Å². The Morgan fingerprint density at radius 1 is 0.824 bits per heavy atom. The number of fused-ring (bicyclic) bond motifs is 5. The molecule has 0 aromatic carbocycles. The molecule has 0 aromatic rings. The molecular formula is C28H49N3O3. The summed E-state index contributed by atoms with van der Waals surface area (Å²) >= 11 is 0. The number of likely N-dealkylation sites (tertiary alicyclic amines) is 1. The summed E-state index contributed by atoms with van der Waals surface area (Å²) in [5.41, 5.74) is -0.974. The van der Waals surface area contributed by atoms with Crippen LogP contribution in [-0.2, 0) is 0 Å². The number of hydrogen-bond donors (Lipinski definition) is 4. The predicted molar refractivity (Wildman–Crippen MR) is 133 cm³/mol. The fourth-order valence-corrected chi connectivity index (χ4v) is 10.3. The molecule has 2 heterocycles. The second kappa shape index (κ2) is 8.66. The molecule has 4 saturated carbocycles. The Hall–Kier alpha value is -0.240.